The van der Waals surface area contributed by atoms with Crippen LogP contribution in [0.3, 0.4) is 0 Å². The number of amides is 1. The molecule has 2 fully saturated rings. The number of nitrogens with zero attached hydrogens (tertiary/aromatic N) is 1. The Morgan fingerprint density at radius 1 is 0.897 bits per heavy atom. The first kappa shape index (κ1) is 21.7. The normalized spacial score (nSPS) is 18.1. The molecule has 0 unspecified atom stereocenters. The van der Waals surface area contributed by atoms with Crippen molar-refractivity contribution in [3.63, 3.8) is 0 Å². The van der Waals surface area contributed by atoms with Gasteiger partial charge in [0.25, 0.3) is 5.91 Å². The van der Waals surface area contributed by atoms with Crippen molar-refractivity contribution in [2.75, 3.05) is 26.2 Å². The molecule has 29 heavy (non-hydrogen) atoms. The van der Waals surface area contributed by atoms with Crippen LogP contribution in [-0.2, 0) is 6.61 Å². The van der Waals surface area contributed by atoms with Gasteiger partial charge in [0.05, 0.1) is 5.56 Å². The van der Waals surface area contributed by atoms with Gasteiger partial charge >= 0.3 is 0 Å². The topological polar surface area (TPSA) is 41.6 Å². The van der Waals surface area contributed by atoms with Crippen LogP contribution in [0.4, 0.5) is 0 Å². The predicted molar refractivity (Wildman–Crippen MR) is 119 cm³/mol. The standard InChI is InChI=1S/C24H30N2O2.ClH/c27-24(26-16-12-21(13-17-26)20-10-14-25-15-11-20)22-8-4-5-9-23(22)28-18-19-6-2-1-3-7-19;/h1-9,20-21,25H,10-18H2;1H. The van der Waals surface area contributed by atoms with E-state index in [4.69, 9.17) is 4.74 Å². The summed E-state index contributed by atoms with van der Waals surface area (Å²) in [6, 6.07) is 17.7. The quantitative estimate of drug-likeness (QED) is 0.780. The number of rotatable bonds is 5. The third kappa shape index (κ3) is 5.52. The summed E-state index contributed by atoms with van der Waals surface area (Å²) < 4.78 is 6.00. The molecule has 2 heterocycles. The fourth-order valence-electron chi connectivity index (χ4n) is 4.56. The molecule has 1 N–H and O–H groups in total. The molecule has 0 bridgehead atoms. The van der Waals surface area contributed by atoms with Gasteiger partial charge in [0, 0.05) is 13.1 Å². The molecule has 4 nitrogen and oxygen atoms in total. The zero-order valence-electron chi connectivity index (χ0n) is 16.9. The van der Waals surface area contributed by atoms with Crippen LogP contribution in [0.5, 0.6) is 5.75 Å². The average molecular weight is 415 g/mol. The van der Waals surface area contributed by atoms with Crippen molar-refractivity contribution in [3.05, 3.63) is 65.7 Å². The molecule has 2 saturated heterocycles. The number of piperidine rings is 2. The first-order chi connectivity index (χ1) is 13.8. The summed E-state index contributed by atoms with van der Waals surface area (Å²) in [5.41, 5.74) is 1.78. The number of carbonyl (C=O) groups is 1. The largest absolute Gasteiger partial charge is 0.488 e. The number of para-hydroxylation sites is 1. The summed E-state index contributed by atoms with van der Waals surface area (Å²) >= 11 is 0. The molecule has 0 aliphatic carbocycles. The van der Waals surface area contributed by atoms with Crippen LogP contribution < -0.4 is 10.1 Å². The summed E-state index contributed by atoms with van der Waals surface area (Å²) in [6.45, 7) is 4.50. The fourth-order valence-corrected chi connectivity index (χ4v) is 4.56. The Balaban J connectivity index is 0.00000240. The van der Waals surface area contributed by atoms with E-state index in [1.807, 2.05) is 59.5 Å². The summed E-state index contributed by atoms with van der Waals surface area (Å²) in [4.78, 5) is 15.2. The number of nitrogens with one attached hydrogen (secondary N) is 1. The molecule has 0 aromatic heterocycles. The van der Waals surface area contributed by atoms with Gasteiger partial charge in [-0.05, 0) is 68.3 Å². The third-order valence-electron chi connectivity index (χ3n) is 6.23. The Kier molecular flexibility index (Phi) is 7.96. The van der Waals surface area contributed by atoms with E-state index in [1.165, 1.54) is 12.8 Å². The lowest BCUT2D eigenvalue weighted by Gasteiger charge is -2.38. The van der Waals surface area contributed by atoms with Gasteiger partial charge in [-0.1, -0.05) is 42.5 Å². The Morgan fingerprint density at radius 2 is 1.52 bits per heavy atom. The lowest BCUT2D eigenvalue weighted by atomic mass is 9.79. The average Bonchev–Trinajstić information content (AvgIpc) is 2.79. The molecule has 156 valence electrons. The molecule has 2 aliphatic rings. The first-order valence-corrected chi connectivity index (χ1v) is 10.6. The van der Waals surface area contributed by atoms with Crippen LogP contribution in [-0.4, -0.2) is 37.0 Å². The van der Waals surface area contributed by atoms with E-state index < -0.39 is 0 Å². The van der Waals surface area contributed by atoms with Crippen LogP contribution in [0.25, 0.3) is 0 Å². The molecule has 2 aromatic carbocycles. The SMILES string of the molecule is Cl.O=C(c1ccccc1OCc1ccccc1)N1CCC(C2CCNCC2)CC1. The summed E-state index contributed by atoms with van der Waals surface area (Å²) in [5, 5.41) is 3.45. The number of hydrogen-bond acceptors (Lipinski definition) is 3. The zero-order valence-corrected chi connectivity index (χ0v) is 17.7. The monoisotopic (exact) mass is 414 g/mol. The minimum absolute atomic E-state index is 0. The molecule has 0 spiro atoms. The summed E-state index contributed by atoms with van der Waals surface area (Å²) in [5.74, 6) is 2.39. The summed E-state index contributed by atoms with van der Waals surface area (Å²) in [6.07, 6.45) is 4.83. The second-order valence-corrected chi connectivity index (χ2v) is 7.99. The zero-order chi connectivity index (χ0) is 19.2. The van der Waals surface area contributed by atoms with E-state index in [0.29, 0.717) is 17.9 Å². The van der Waals surface area contributed by atoms with E-state index in [1.54, 1.807) is 0 Å². The van der Waals surface area contributed by atoms with Gasteiger partial charge in [0.15, 0.2) is 0 Å². The lowest BCUT2D eigenvalue weighted by molar-refractivity contribution is 0.0637. The molecule has 1 amide bonds. The van der Waals surface area contributed by atoms with E-state index in [2.05, 4.69) is 5.32 Å². The molecule has 2 aliphatic heterocycles. The number of ether oxygens (including phenoxy) is 1. The van der Waals surface area contributed by atoms with Crippen LogP contribution in [0.15, 0.2) is 54.6 Å². The van der Waals surface area contributed by atoms with Crippen molar-refractivity contribution in [3.8, 4) is 5.75 Å². The van der Waals surface area contributed by atoms with Gasteiger partial charge < -0.3 is 15.0 Å². The van der Waals surface area contributed by atoms with E-state index in [9.17, 15) is 4.79 Å². The molecule has 0 atom stereocenters. The number of hydrogen-bond donors (Lipinski definition) is 1. The highest BCUT2D eigenvalue weighted by Crippen LogP contribution is 2.32. The Morgan fingerprint density at radius 3 is 2.24 bits per heavy atom. The van der Waals surface area contributed by atoms with Crippen LogP contribution >= 0.6 is 12.4 Å². The second kappa shape index (κ2) is 10.7. The molecule has 2 aromatic rings. The maximum Gasteiger partial charge on any atom is 0.257 e. The van der Waals surface area contributed by atoms with E-state index >= 15 is 0 Å². The molecule has 5 heteroatoms. The lowest BCUT2D eigenvalue weighted by Crippen LogP contribution is -2.42. The minimum atomic E-state index is 0. The van der Waals surface area contributed by atoms with Gasteiger partial charge in [-0.3, -0.25) is 4.79 Å². The third-order valence-corrected chi connectivity index (χ3v) is 6.23. The minimum Gasteiger partial charge on any atom is -0.488 e. The van der Waals surface area contributed by atoms with Gasteiger partial charge in [0.1, 0.15) is 12.4 Å². The van der Waals surface area contributed by atoms with Crippen molar-refractivity contribution in [1.82, 2.24) is 10.2 Å². The highest BCUT2D eigenvalue weighted by molar-refractivity contribution is 5.97. The van der Waals surface area contributed by atoms with Crippen LogP contribution in [0.2, 0.25) is 0 Å². The second-order valence-electron chi connectivity index (χ2n) is 7.99. The Bertz CT molecular complexity index is 769. The highest BCUT2D eigenvalue weighted by Gasteiger charge is 2.30. The van der Waals surface area contributed by atoms with Gasteiger partial charge in [-0.2, -0.15) is 0 Å². The Labute approximate surface area is 180 Å². The van der Waals surface area contributed by atoms with E-state index in [-0.39, 0.29) is 18.3 Å². The van der Waals surface area contributed by atoms with Gasteiger partial charge in [0.2, 0.25) is 0 Å². The summed E-state index contributed by atoms with van der Waals surface area (Å²) in [7, 11) is 0. The van der Waals surface area contributed by atoms with Crippen LogP contribution in [0, 0.1) is 11.8 Å². The predicted octanol–water partition coefficient (Wildman–Crippen LogP) is 4.54. The molecule has 0 radical (unpaired) electrons. The molecular formula is C24H31ClN2O2. The van der Waals surface area contributed by atoms with Gasteiger partial charge in [-0.15, -0.1) is 12.4 Å². The number of halogens is 1. The van der Waals surface area contributed by atoms with Gasteiger partial charge in [-0.25, -0.2) is 0 Å². The molecule has 0 saturated carbocycles. The first-order valence-electron chi connectivity index (χ1n) is 10.6. The van der Waals surface area contributed by atoms with Crippen molar-refractivity contribution in [2.24, 2.45) is 11.8 Å². The van der Waals surface area contributed by atoms with Crippen LogP contribution in [0.1, 0.15) is 41.6 Å². The van der Waals surface area contributed by atoms with Crippen molar-refractivity contribution < 1.29 is 9.53 Å². The highest BCUT2D eigenvalue weighted by atomic mass is 35.5. The Hall–Kier alpha value is -2.04. The number of likely N-dealkylation sites (tertiary alicyclic amines) is 1. The van der Waals surface area contributed by atoms with Crippen molar-refractivity contribution >= 4 is 18.3 Å². The van der Waals surface area contributed by atoms with E-state index in [0.717, 1.165) is 56.4 Å². The van der Waals surface area contributed by atoms with Crippen molar-refractivity contribution in [1.29, 1.82) is 0 Å². The molecular weight excluding hydrogens is 384 g/mol. The number of benzene rings is 2. The maximum atomic E-state index is 13.2. The van der Waals surface area contributed by atoms with Crippen molar-refractivity contribution in [2.45, 2.75) is 32.3 Å². The number of carbonyl (C=O) groups excluding carboxylic acids is 1. The fraction of sp³-hybridized carbons (Fsp3) is 0.458. The maximum absolute atomic E-state index is 13.2. The molecule has 4 rings (SSSR count). The smallest absolute Gasteiger partial charge is 0.257 e.